The van der Waals surface area contributed by atoms with Crippen molar-refractivity contribution in [3.05, 3.63) is 0 Å². The Kier molecular flexibility index (Phi) is 9.64. The van der Waals surface area contributed by atoms with Crippen LogP contribution in [0.1, 0.15) is 58.8 Å². The van der Waals surface area contributed by atoms with Gasteiger partial charge in [-0.15, -0.1) is 0 Å². The van der Waals surface area contributed by atoms with Gasteiger partial charge in [-0.1, -0.05) is 26.7 Å². The molecule has 0 heterocycles. The summed E-state index contributed by atoms with van der Waals surface area (Å²) in [5, 5.41) is 0. The predicted octanol–water partition coefficient (Wildman–Crippen LogP) is 1.32. The fraction of sp³-hybridized carbons (Fsp3) is 1.00. The van der Waals surface area contributed by atoms with Gasteiger partial charge in [-0.25, -0.2) is 0 Å². The molecule has 8 N–H and O–H groups in total. The Morgan fingerprint density at radius 1 is 0.944 bits per heavy atom. The minimum atomic E-state index is 0.0884. The molecule has 0 amide bonds. The van der Waals surface area contributed by atoms with Crippen molar-refractivity contribution in [2.75, 3.05) is 13.1 Å². The molecule has 3 atom stereocenters. The zero-order valence-electron chi connectivity index (χ0n) is 12.3. The molecule has 0 aliphatic heterocycles. The maximum Gasteiger partial charge on any atom is 0.0192 e. The predicted molar refractivity (Wildman–Crippen MR) is 80.2 cm³/mol. The van der Waals surface area contributed by atoms with E-state index in [0.717, 1.165) is 45.2 Å². The molecule has 4 nitrogen and oxygen atoms in total. The van der Waals surface area contributed by atoms with Gasteiger partial charge in [0.25, 0.3) is 0 Å². The maximum atomic E-state index is 6.16. The summed E-state index contributed by atoms with van der Waals surface area (Å²) < 4.78 is 0. The Balaban J connectivity index is 3.95. The lowest BCUT2D eigenvalue weighted by atomic mass is 9.79. The van der Waals surface area contributed by atoms with Gasteiger partial charge in [-0.05, 0) is 50.6 Å². The van der Waals surface area contributed by atoms with Crippen molar-refractivity contribution in [2.45, 2.75) is 70.9 Å². The van der Waals surface area contributed by atoms with Crippen molar-refractivity contribution in [3.8, 4) is 0 Å². The highest BCUT2D eigenvalue weighted by Gasteiger charge is 2.23. The minimum Gasteiger partial charge on any atom is -0.330 e. The van der Waals surface area contributed by atoms with Crippen LogP contribution >= 0.6 is 0 Å². The third kappa shape index (κ3) is 7.31. The molecule has 0 aromatic rings. The molecule has 110 valence electrons. The van der Waals surface area contributed by atoms with Crippen LogP contribution in [0.15, 0.2) is 0 Å². The molecule has 0 saturated carbocycles. The van der Waals surface area contributed by atoms with Crippen molar-refractivity contribution < 1.29 is 0 Å². The average Bonchev–Trinajstić information content (AvgIpc) is 2.36. The number of hydrogen-bond donors (Lipinski definition) is 4. The summed E-state index contributed by atoms with van der Waals surface area (Å²) in [6.07, 6.45) is 7.47. The van der Waals surface area contributed by atoms with Crippen LogP contribution in [-0.2, 0) is 0 Å². The molecule has 0 radical (unpaired) electrons. The topological polar surface area (TPSA) is 104 Å². The van der Waals surface area contributed by atoms with E-state index in [2.05, 4.69) is 13.8 Å². The third-order valence-electron chi connectivity index (χ3n) is 3.97. The molecule has 0 spiro atoms. The summed E-state index contributed by atoms with van der Waals surface area (Å²) >= 11 is 0. The number of unbranched alkanes of at least 4 members (excludes halogenated alkanes) is 1. The molecular formula is C14H34N4. The van der Waals surface area contributed by atoms with Crippen molar-refractivity contribution in [1.82, 2.24) is 0 Å². The summed E-state index contributed by atoms with van der Waals surface area (Å²) in [7, 11) is 0. The molecule has 0 fully saturated rings. The third-order valence-corrected chi connectivity index (χ3v) is 3.97. The van der Waals surface area contributed by atoms with Gasteiger partial charge in [0.05, 0.1) is 0 Å². The summed E-state index contributed by atoms with van der Waals surface area (Å²) in [6.45, 7) is 5.93. The van der Waals surface area contributed by atoms with E-state index in [4.69, 9.17) is 22.9 Å². The Morgan fingerprint density at radius 3 is 2.06 bits per heavy atom. The molecule has 0 aliphatic carbocycles. The van der Waals surface area contributed by atoms with E-state index in [0.29, 0.717) is 0 Å². The van der Waals surface area contributed by atoms with E-state index in [1.807, 2.05) is 0 Å². The SMILES string of the molecule is CCCC(C)(CN)CCC(N)C(N)CCCCN. The Morgan fingerprint density at radius 2 is 1.56 bits per heavy atom. The van der Waals surface area contributed by atoms with Crippen LogP contribution in [0, 0.1) is 5.41 Å². The molecular weight excluding hydrogens is 224 g/mol. The van der Waals surface area contributed by atoms with E-state index in [9.17, 15) is 0 Å². The first kappa shape index (κ1) is 17.8. The number of hydrogen-bond acceptors (Lipinski definition) is 4. The van der Waals surface area contributed by atoms with Crippen LogP contribution in [0.3, 0.4) is 0 Å². The summed E-state index contributed by atoms with van der Waals surface area (Å²) in [5.74, 6) is 0. The highest BCUT2D eigenvalue weighted by molar-refractivity contribution is 4.81. The number of nitrogens with two attached hydrogens (primary N) is 4. The van der Waals surface area contributed by atoms with E-state index in [1.54, 1.807) is 0 Å². The smallest absolute Gasteiger partial charge is 0.0192 e. The molecule has 0 aromatic carbocycles. The molecule has 0 saturated heterocycles. The second-order valence-electron chi connectivity index (χ2n) is 5.92. The molecule has 0 aliphatic rings. The minimum absolute atomic E-state index is 0.0884. The standard InChI is InChI=1S/C14H34N4/c1-3-8-14(2,11-16)9-7-13(18)12(17)6-4-5-10-15/h12-13H,3-11,15-18H2,1-2H3. The fourth-order valence-electron chi connectivity index (χ4n) is 2.40. The zero-order valence-corrected chi connectivity index (χ0v) is 12.3. The molecule has 0 bridgehead atoms. The lowest BCUT2D eigenvalue weighted by Crippen LogP contribution is -2.42. The van der Waals surface area contributed by atoms with Crippen molar-refractivity contribution in [3.63, 3.8) is 0 Å². The van der Waals surface area contributed by atoms with Crippen LogP contribution in [0.25, 0.3) is 0 Å². The largest absolute Gasteiger partial charge is 0.330 e. The maximum absolute atomic E-state index is 6.16. The highest BCUT2D eigenvalue weighted by Crippen LogP contribution is 2.28. The number of rotatable bonds is 11. The van der Waals surface area contributed by atoms with Crippen LogP contribution < -0.4 is 22.9 Å². The van der Waals surface area contributed by atoms with Gasteiger partial charge in [-0.3, -0.25) is 0 Å². The first-order valence-electron chi connectivity index (χ1n) is 7.40. The van der Waals surface area contributed by atoms with Gasteiger partial charge >= 0.3 is 0 Å². The van der Waals surface area contributed by atoms with Gasteiger partial charge in [0.1, 0.15) is 0 Å². The van der Waals surface area contributed by atoms with Gasteiger partial charge < -0.3 is 22.9 Å². The summed E-state index contributed by atoms with van der Waals surface area (Å²) in [4.78, 5) is 0. The first-order valence-corrected chi connectivity index (χ1v) is 7.40. The average molecular weight is 258 g/mol. The van der Waals surface area contributed by atoms with Gasteiger partial charge in [-0.2, -0.15) is 0 Å². The van der Waals surface area contributed by atoms with Gasteiger partial charge in [0, 0.05) is 12.1 Å². The highest BCUT2D eigenvalue weighted by atomic mass is 14.8. The van der Waals surface area contributed by atoms with E-state index in [1.165, 1.54) is 12.8 Å². The molecule has 18 heavy (non-hydrogen) atoms. The Labute approximate surface area is 113 Å². The van der Waals surface area contributed by atoms with E-state index < -0.39 is 0 Å². The van der Waals surface area contributed by atoms with Crippen molar-refractivity contribution >= 4 is 0 Å². The fourth-order valence-corrected chi connectivity index (χ4v) is 2.40. The van der Waals surface area contributed by atoms with Gasteiger partial charge in [0.15, 0.2) is 0 Å². The monoisotopic (exact) mass is 258 g/mol. The Hall–Kier alpha value is -0.160. The lowest BCUT2D eigenvalue weighted by molar-refractivity contribution is 0.256. The Bertz CT molecular complexity index is 198. The second-order valence-corrected chi connectivity index (χ2v) is 5.92. The summed E-state index contributed by atoms with van der Waals surface area (Å²) in [6, 6.07) is 0.186. The van der Waals surface area contributed by atoms with Crippen molar-refractivity contribution in [2.24, 2.45) is 28.3 Å². The normalized spacial score (nSPS) is 18.3. The van der Waals surface area contributed by atoms with Crippen LogP contribution in [-0.4, -0.2) is 25.2 Å². The van der Waals surface area contributed by atoms with E-state index >= 15 is 0 Å². The second kappa shape index (κ2) is 9.73. The molecule has 3 unspecified atom stereocenters. The van der Waals surface area contributed by atoms with E-state index in [-0.39, 0.29) is 17.5 Å². The van der Waals surface area contributed by atoms with Crippen molar-refractivity contribution in [1.29, 1.82) is 0 Å². The molecule has 4 heteroatoms. The summed E-state index contributed by atoms with van der Waals surface area (Å²) in [5.41, 5.74) is 23.8. The lowest BCUT2D eigenvalue weighted by Gasteiger charge is -2.30. The quantitative estimate of drug-likeness (QED) is 0.419. The zero-order chi connectivity index (χ0) is 14.0. The van der Waals surface area contributed by atoms with Crippen LogP contribution in [0.5, 0.6) is 0 Å². The molecule has 0 rings (SSSR count). The van der Waals surface area contributed by atoms with Gasteiger partial charge in [0.2, 0.25) is 0 Å². The first-order chi connectivity index (χ1) is 8.49. The molecule has 0 aromatic heterocycles. The van der Waals surface area contributed by atoms with Crippen LogP contribution in [0.2, 0.25) is 0 Å². The van der Waals surface area contributed by atoms with Crippen LogP contribution in [0.4, 0.5) is 0 Å².